The molecule has 0 spiro atoms. The second-order valence-corrected chi connectivity index (χ2v) is 5.67. The molecule has 0 amide bonds. The maximum atomic E-state index is 5.66. The molecule has 2 rings (SSSR count). The fourth-order valence-electron chi connectivity index (χ4n) is 3.54. The molecular weight excluding hydrogens is 264 g/mol. The van der Waals surface area contributed by atoms with Crippen molar-refractivity contribution in [3.8, 4) is 11.5 Å². The van der Waals surface area contributed by atoms with E-state index >= 15 is 0 Å². The molecule has 1 aliphatic heterocycles. The largest absolute Gasteiger partial charge is 0.493 e. The number of ether oxygens (including phenoxy) is 2. The van der Waals surface area contributed by atoms with Crippen LogP contribution in [-0.4, -0.2) is 45.8 Å². The van der Waals surface area contributed by atoms with Crippen molar-refractivity contribution in [3.05, 3.63) is 23.8 Å². The van der Waals surface area contributed by atoms with E-state index in [0.717, 1.165) is 31.1 Å². The second-order valence-electron chi connectivity index (χ2n) is 5.67. The number of para-hydroxylation sites is 1. The van der Waals surface area contributed by atoms with E-state index in [2.05, 4.69) is 29.3 Å². The molecule has 21 heavy (non-hydrogen) atoms. The van der Waals surface area contributed by atoms with Crippen LogP contribution in [0.2, 0.25) is 0 Å². The molecule has 0 radical (unpaired) electrons. The Labute approximate surface area is 128 Å². The molecular formula is C17H28N2O2. The normalized spacial score (nSPS) is 22.5. The van der Waals surface area contributed by atoms with E-state index in [-0.39, 0.29) is 0 Å². The van der Waals surface area contributed by atoms with Crippen LogP contribution < -0.4 is 14.8 Å². The summed E-state index contributed by atoms with van der Waals surface area (Å²) in [6.07, 6.45) is 2.40. The summed E-state index contributed by atoms with van der Waals surface area (Å²) >= 11 is 0. The van der Waals surface area contributed by atoms with Gasteiger partial charge in [0.15, 0.2) is 11.5 Å². The zero-order valence-electron chi connectivity index (χ0n) is 13.7. The standard InChI is InChI=1S/C17H28N2O2/c1-5-10-19-11-9-13(12-18-2)16(19)14-7-6-8-15(20-3)17(14)21-4/h6-8,13,16,18H,5,9-12H2,1-4H3. The number of nitrogens with zero attached hydrogens (tertiary/aromatic N) is 1. The SMILES string of the molecule is CCCN1CCC(CNC)C1c1cccc(OC)c1OC. The highest BCUT2D eigenvalue weighted by Crippen LogP contribution is 2.44. The van der Waals surface area contributed by atoms with Crippen LogP contribution in [-0.2, 0) is 0 Å². The summed E-state index contributed by atoms with van der Waals surface area (Å²) < 4.78 is 11.1. The van der Waals surface area contributed by atoms with E-state index in [0.29, 0.717) is 12.0 Å². The van der Waals surface area contributed by atoms with Gasteiger partial charge < -0.3 is 14.8 Å². The highest BCUT2D eigenvalue weighted by Gasteiger charge is 2.36. The van der Waals surface area contributed by atoms with Crippen LogP contribution in [0.15, 0.2) is 18.2 Å². The monoisotopic (exact) mass is 292 g/mol. The molecule has 1 aromatic carbocycles. The van der Waals surface area contributed by atoms with Crippen molar-refractivity contribution in [3.63, 3.8) is 0 Å². The summed E-state index contributed by atoms with van der Waals surface area (Å²) in [6, 6.07) is 6.62. The maximum absolute atomic E-state index is 5.66. The van der Waals surface area contributed by atoms with Gasteiger partial charge in [-0.05, 0) is 51.5 Å². The Morgan fingerprint density at radius 1 is 1.29 bits per heavy atom. The number of nitrogens with one attached hydrogen (secondary N) is 1. The summed E-state index contributed by atoms with van der Waals surface area (Å²) in [5, 5.41) is 3.34. The van der Waals surface area contributed by atoms with Crippen LogP contribution in [0.5, 0.6) is 11.5 Å². The van der Waals surface area contributed by atoms with Crippen LogP contribution in [0.25, 0.3) is 0 Å². The average molecular weight is 292 g/mol. The lowest BCUT2D eigenvalue weighted by Gasteiger charge is -2.30. The van der Waals surface area contributed by atoms with Crippen molar-refractivity contribution in [2.45, 2.75) is 25.8 Å². The summed E-state index contributed by atoms with van der Waals surface area (Å²) in [7, 11) is 5.46. The summed E-state index contributed by atoms with van der Waals surface area (Å²) in [5.41, 5.74) is 1.25. The van der Waals surface area contributed by atoms with Gasteiger partial charge in [-0.25, -0.2) is 0 Å². The van der Waals surface area contributed by atoms with Crippen molar-refractivity contribution in [1.29, 1.82) is 0 Å². The van der Waals surface area contributed by atoms with Crippen molar-refractivity contribution >= 4 is 0 Å². The molecule has 0 aliphatic carbocycles. The van der Waals surface area contributed by atoms with Gasteiger partial charge in [-0.1, -0.05) is 19.1 Å². The fraction of sp³-hybridized carbons (Fsp3) is 0.647. The Bertz CT molecular complexity index is 436. The third-order valence-electron chi connectivity index (χ3n) is 4.36. The molecule has 0 bridgehead atoms. The minimum Gasteiger partial charge on any atom is -0.493 e. The smallest absolute Gasteiger partial charge is 0.165 e. The molecule has 1 N–H and O–H groups in total. The van der Waals surface area contributed by atoms with Gasteiger partial charge in [0.05, 0.1) is 14.2 Å². The Hall–Kier alpha value is -1.26. The molecule has 118 valence electrons. The van der Waals surface area contributed by atoms with Gasteiger partial charge >= 0.3 is 0 Å². The molecule has 1 heterocycles. The van der Waals surface area contributed by atoms with E-state index < -0.39 is 0 Å². The first kappa shape index (κ1) is 16.1. The highest BCUT2D eigenvalue weighted by atomic mass is 16.5. The zero-order chi connectivity index (χ0) is 15.2. The maximum Gasteiger partial charge on any atom is 0.165 e. The molecule has 1 aromatic rings. The number of hydrogen-bond acceptors (Lipinski definition) is 4. The van der Waals surface area contributed by atoms with Crippen molar-refractivity contribution in [1.82, 2.24) is 10.2 Å². The number of rotatable bonds is 7. The molecule has 2 atom stereocenters. The lowest BCUT2D eigenvalue weighted by molar-refractivity contribution is 0.220. The van der Waals surface area contributed by atoms with Crippen molar-refractivity contribution < 1.29 is 9.47 Å². The third kappa shape index (κ3) is 3.33. The van der Waals surface area contributed by atoms with E-state index in [1.54, 1.807) is 14.2 Å². The van der Waals surface area contributed by atoms with Gasteiger partial charge in [0.25, 0.3) is 0 Å². The predicted molar refractivity (Wildman–Crippen MR) is 86.2 cm³/mol. The first-order valence-electron chi connectivity index (χ1n) is 7.86. The number of benzene rings is 1. The van der Waals surface area contributed by atoms with E-state index in [1.807, 2.05) is 13.1 Å². The fourth-order valence-corrected chi connectivity index (χ4v) is 3.54. The van der Waals surface area contributed by atoms with E-state index in [9.17, 15) is 0 Å². The van der Waals surface area contributed by atoms with Crippen molar-refractivity contribution in [2.75, 3.05) is 40.9 Å². The Morgan fingerprint density at radius 3 is 2.71 bits per heavy atom. The summed E-state index contributed by atoms with van der Waals surface area (Å²) in [6.45, 7) is 5.56. The summed E-state index contributed by atoms with van der Waals surface area (Å²) in [4.78, 5) is 2.58. The summed E-state index contributed by atoms with van der Waals surface area (Å²) in [5.74, 6) is 2.32. The molecule has 4 nitrogen and oxygen atoms in total. The Morgan fingerprint density at radius 2 is 2.10 bits per heavy atom. The van der Waals surface area contributed by atoms with Crippen LogP contribution in [0.3, 0.4) is 0 Å². The number of hydrogen-bond donors (Lipinski definition) is 1. The van der Waals surface area contributed by atoms with Crippen LogP contribution in [0.1, 0.15) is 31.4 Å². The molecule has 2 unspecified atom stereocenters. The number of likely N-dealkylation sites (tertiary alicyclic amines) is 1. The molecule has 0 saturated carbocycles. The minimum absolute atomic E-state index is 0.405. The molecule has 0 aromatic heterocycles. The van der Waals surface area contributed by atoms with Crippen LogP contribution >= 0.6 is 0 Å². The van der Waals surface area contributed by atoms with Crippen LogP contribution in [0, 0.1) is 5.92 Å². The lowest BCUT2D eigenvalue weighted by atomic mass is 9.92. The molecule has 4 heteroatoms. The van der Waals surface area contributed by atoms with Gasteiger partial charge in [0.1, 0.15) is 0 Å². The first-order valence-corrected chi connectivity index (χ1v) is 7.86. The molecule has 1 saturated heterocycles. The highest BCUT2D eigenvalue weighted by molar-refractivity contribution is 5.48. The Balaban J connectivity index is 2.38. The van der Waals surface area contributed by atoms with Gasteiger partial charge in [0.2, 0.25) is 0 Å². The van der Waals surface area contributed by atoms with Gasteiger partial charge in [-0.3, -0.25) is 4.90 Å². The molecule has 1 aliphatic rings. The predicted octanol–water partition coefficient (Wildman–Crippen LogP) is 2.70. The molecule has 1 fully saturated rings. The Kier molecular flexibility index (Phi) is 5.88. The second kappa shape index (κ2) is 7.66. The minimum atomic E-state index is 0.405. The van der Waals surface area contributed by atoms with Crippen LogP contribution in [0.4, 0.5) is 0 Å². The van der Waals surface area contributed by atoms with Gasteiger partial charge in [-0.2, -0.15) is 0 Å². The van der Waals surface area contributed by atoms with Crippen molar-refractivity contribution in [2.24, 2.45) is 5.92 Å². The zero-order valence-corrected chi connectivity index (χ0v) is 13.7. The quantitative estimate of drug-likeness (QED) is 0.838. The third-order valence-corrected chi connectivity index (χ3v) is 4.36. The van der Waals surface area contributed by atoms with Gasteiger partial charge in [-0.15, -0.1) is 0 Å². The van der Waals surface area contributed by atoms with Gasteiger partial charge in [0, 0.05) is 11.6 Å². The average Bonchev–Trinajstić information content (AvgIpc) is 2.89. The van der Waals surface area contributed by atoms with E-state index in [1.165, 1.54) is 18.4 Å². The number of methoxy groups -OCH3 is 2. The first-order chi connectivity index (χ1) is 10.3. The topological polar surface area (TPSA) is 33.7 Å². The van der Waals surface area contributed by atoms with E-state index in [4.69, 9.17) is 9.47 Å². The lowest BCUT2D eigenvalue weighted by Crippen LogP contribution is -2.30.